The second-order valence-corrected chi connectivity index (χ2v) is 6.13. The minimum Gasteiger partial charge on any atom is -0.488 e. The van der Waals surface area contributed by atoms with Gasteiger partial charge < -0.3 is 15.0 Å². The Morgan fingerprint density at radius 1 is 1.08 bits per heavy atom. The van der Waals surface area contributed by atoms with Crippen molar-refractivity contribution in [2.75, 3.05) is 13.6 Å². The van der Waals surface area contributed by atoms with Crippen LogP contribution in [0.15, 0.2) is 60.7 Å². The van der Waals surface area contributed by atoms with E-state index in [0.717, 1.165) is 11.3 Å². The van der Waals surface area contributed by atoms with E-state index in [1.807, 2.05) is 60.7 Å². The highest BCUT2D eigenvalue weighted by atomic mass is 16.5. The first kappa shape index (κ1) is 17.0. The van der Waals surface area contributed by atoms with Gasteiger partial charge in [0.25, 0.3) is 0 Å². The van der Waals surface area contributed by atoms with Gasteiger partial charge in [-0.25, -0.2) is 0 Å². The Labute approximate surface area is 147 Å². The molecule has 2 atom stereocenters. The maximum atomic E-state index is 12.7. The van der Waals surface area contributed by atoms with Crippen molar-refractivity contribution in [3.8, 4) is 5.75 Å². The fraction of sp³-hybridized carbons (Fsp3) is 0.300. The van der Waals surface area contributed by atoms with Crippen LogP contribution in [0.2, 0.25) is 0 Å². The molecule has 5 nitrogen and oxygen atoms in total. The zero-order chi connectivity index (χ0) is 17.6. The zero-order valence-corrected chi connectivity index (χ0v) is 14.2. The van der Waals surface area contributed by atoms with E-state index in [1.165, 1.54) is 0 Å². The molecule has 0 spiro atoms. The molecule has 1 fully saturated rings. The molecule has 0 unspecified atom stereocenters. The van der Waals surface area contributed by atoms with Gasteiger partial charge >= 0.3 is 0 Å². The summed E-state index contributed by atoms with van der Waals surface area (Å²) in [5.74, 6) is 0.542. The number of likely N-dealkylation sites (tertiary alicyclic amines) is 1. The van der Waals surface area contributed by atoms with Crippen LogP contribution in [0.25, 0.3) is 0 Å². The van der Waals surface area contributed by atoms with Crippen molar-refractivity contribution in [1.29, 1.82) is 0 Å². The van der Waals surface area contributed by atoms with Crippen LogP contribution >= 0.6 is 0 Å². The molecule has 1 aliphatic rings. The number of benzene rings is 2. The quantitative estimate of drug-likeness (QED) is 0.907. The van der Waals surface area contributed by atoms with E-state index in [1.54, 1.807) is 11.9 Å². The van der Waals surface area contributed by atoms with Crippen LogP contribution in [-0.4, -0.2) is 42.5 Å². The van der Waals surface area contributed by atoms with Crippen LogP contribution in [0.1, 0.15) is 12.0 Å². The monoisotopic (exact) mass is 338 g/mol. The smallest absolute Gasteiger partial charge is 0.242 e. The van der Waals surface area contributed by atoms with Gasteiger partial charge in [-0.2, -0.15) is 0 Å². The summed E-state index contributed by atoms with van der Waals surface area (Å²) < 4.78 is 5.96. The van der Waals surface area contributed by atoms with Crippen molar-refractivity contribution < 1.29 is 14.3 Å². The molecule has 1 saturated heterocycles. The molecule has 1 heterocycles. The topological polar surface area (TPSA) is 58.6 Å². The molecular weight excluding hydrogens is 316 g/mol. The van der Waals surface area contributed by atoms with Gasteiger partial charge in [-0.05, 0) is 17.7 Å². The van der Waals surface area contributed by atoms with Gasteiger partial charge in [0.2, 0.25) is 11.8 Å². The Bertz CT molecular complexity index is 718. The minimum atomic E-state index is -0.491. The molecule has 3 rings (SSSR count). The maximum Gasteiger partial charge on any atom is 0.242 e. The SMILES string of the molecule is CNC(=O)[C@@H]1C[C@H](Oc2ccccc2)CN1C(=O)Cc1ccccc1. The molecule has 0 bridgehead atoms. The Hall–Kier alpha value is -2.82. The molecule has 0 aromatic heterocycles. The Morgan fingerprint density at radius 2 is 1.72 bits per heavy atom. The van der Waals surface area contributed by atoms with Gasteiger partial charge in [0.05, 0.1) is 13.0 Å². The summed E-state index contributed by atoms with van der Waals surface area (Å²) in [6.45, 7) is 0.415. The third kappa shape index (κ3) is 4.18. The first-order valence-electron chi connectivity index (χ1n) is 8.44. The number of nitrogens with one attached hydrogen (secondary N) is 1. The molecule has 0 aliphatic carbocycles. The molecule has 2 aromatic carbocycles. The van der Waals surface area contributed by atoms with Crippen molar-refractivity contribution in [1.82, 2.24) is 10.2 Å². The van der Waals surface area contributed by atoms with Gasteiger partial charge in [-0.1, -0.05) is 48.5 Å². The van der Waals surface area contributed by atoms with Crippen LogP contribution in [0, 0.1) is 0 Å². The van der Waals surface area contributed by atoms with E-state index in [9.17, 15) is 9.59 Å². The Morgan fingerprint density at radius 3 is 2.36 bits per heavy atom. The van der Waals surface area contributed by atoms with Gasteiger partial charge in [0, 0.05) is 13.5 Å². The van der Waals surface area contributed by atoms with Crippen molar-refractivity contribution >= 4 is 11.8 Å². The van der Waals surface area contributed by atoms with Crippen molar-refractivity contribution in [2.24, 2.45) is 0 Å². The summed E-state index contributed by atoms with van der Waals surface area (Å²) in [5.41, 5.74) is 0.940. The molecule has 2 aromatic rings. The van der Waals surface area contributed by atoms with Crippen molar-refractivity contribution in [3.63, 3.8) is 0 Å². The highest BCUT2D eigenvalue weighted by Crippen LogP contribution is 2.24. The lowest BCUT2D eigenvalue weighted by Crippen LogP contribution is -2.45. The average molecular weight is 338 g/mol. The lowest BCUT2D eigenvalue weighted by molar-refractivity contribution is -0.137. The molecule has 130 valence electrons. The van der Waals surface area contributed by atoms with Crippen molar-refractivity contribution in [3.05, 3.63) is 66.2 Å². The van der Waals surface area contributed by atoms with Crippen molar-refractivity contribution in [2.45, 2.75) is 25.0 Å². The highest BCUT2D eigenvalue weighted by Gasteiger charge is 2.40. The largest absolute Gasteiger partial charge is 0.488 e. The molecule has 25 heavy (non-hydrogen) atoms. The van der Waals surface area contributed by atoms with Crippen LogP contribution in [0.3, 0.4) is 0 Å². The normalized spacial score (nSPS) is 19.5. The molecule has 0 radical (unpaired) electrons. The summed E-state index contributed by atoms with van der Waals surface area (Å²) >= 11 is 0. The van der Waals surface area contributed by atoms with Crippen LogP contribution < -0.4 is 10.1 Å². The Kier molecular flexibility index (Phi) is 5.33. The molecular formula is C20H22N2O3. The number of amides is 2. The van der Waals surface area contributed by atoms with E-state index in [0.29, 0.717) is 13.0 Å². The minimum absolute atomic E-state index is 0.0565. The van der Waals surface area contributed by atoms with Crippen LogP contribution in [0.5, 0.6) is 5.75 Å². The van der Waals surface area contributed by atoms with Gasteiger partial charge in [-0.15, -0.1) is 0 Å². The average Bonchev–Trinajstić information content (AvgIpc) is 3.07. The second-order valence-electron chi connectivity index (χ2n) is 6.13. The summed E-state index contributed by atoms with van der Waals surface area (Å²) in [6.07, 6.45) is 0.589. The number of hydrogen-bond donors (Lipinski definition) is 1. The summed E-state index contributed by atoms with van der Waals surface area (Å²) in [4.78, 5) is 26.6. The third-order valence-electron chi connectivity index (χ3n) is 4.38. The number of ether oxygens (including phenoxy) is 1. The van der Waals surface area contributed by atoms with Gasteiger partial charge in [0.1, 0.15) is 17.9 Å². The van der Waals surface area contributed by atoms with Gasteiger partial charge in [-0.3, -0.25) is 9.59 Å². The number of para-hydroxylation sites is 1. The number of hydrogen-bond acceptors (Lipinski definition) is 3. The van der Waals surface area contributed by atoms with Gasteiger partial charge in [0.15, 0.2) is 0 Å². The Balaban J connectivity index is 1.71. The zero-order valence-electron chi connectivity index (χ0n) is 14.2. The lowest BCUT2D eigenvalue weighted by atomic mass is 10.1. The number of carbonyl (C=O) groups excluding carboxylic acids is 2. The fourth-order valence-corrected chi connectivity index (χ4v) is 3.14. The van der Waals surface area contributed by atoms with E-state index in [4.69, 9.17) is 4.74 Å². The summed E-state index contributed by atoms with van der Waals surface area (Å²) in [6, 6.07) is 18.6. The number of carbonyl (C=O) groups is 2. The predicted molar refractivity (Wildman–Crippen MR) is 95.2 cm³/mol. The lowest BCUT2D eigenvalue weighted by Gasteiger charge is -2.23. The van der Waals surface area contributed by atoms with E-state index in [-0.39, 0.29) is 24.3 Å². The molecule has 1 aliphatic heterocycles. The summed E-state index contributed by atoms with van der Waals surface area (Å²) in [5, 5.41) is 2.65. The maximum absolute atomic E-state index is 12.7. The van der Waals surface area contributed by atoms with E-state index >= 15 is 0 Å². The van der Waals surface area contributed by atoms with E-state index in [2.05, 4.69) is 5.32 Å². The molecule has 1 N–H and O–H groups in total. The molecule has 5 heteroatoms. The number of rotatable bonds is 5. The fourth-order valence-electron chi connectivity index (χ4n) is 3.14. The summed E-state index contributed by atoms with van der Waals surface area (Å²) in [7, 11) is 1.59. The number of nitrogens with zero attached hydrogens (tertiary/aromatic N) is 1. The van der Waals surface area contributed by atoms with Crippen LogP contribution in [-0.2, 0) is 16.0 Å². The standard InChI is InChI=1S/C20H22N2O3/c1-21-20(24)18-13-17(25-16-10-6-3-7-11-16)14-22(18)19(23)12-15-8-4-2-5-9-15/h2-11,17-18H,12-14H2,1H3,(H,21,24)/t17-,18-/m0/s1. The molecule has 0 saturated carbocycles. The highest BCUT2D eigenvalue weighted by molar-refractivity contribution is 5.89. The second kappa shape index (κ2) is 7.83. The number of likely N-dealkylation sites (N-methyl/N-ethyl adjacent to an activating group) is 1. The first-order chi connectivity index (χ1) is 12.2. The van der Waals surface area contributed by atoms with Crippen LogP contribution in [0.4, 0.5) is 0 Å². The predicted octanol–water partition coefficient (Wildman–Crippen LogP) is 2.02. The van der Waals surface area contributed by atoms with E-state index < -0.39 is 6.04 Å². The molecule has 2 amide bonds. The third-order valence-corrected chi connectivity index (χ3v) is 4.38. The first-order valence-corrected chi connectivity index (χ1v) is 8.44.